The van der Waals surface area contributed by atoms with E-state index in [4.69, 9.17) is 9.72 Å². The first kappa shape index (κ1) is 18.3. The van der Waals surface area contributed by atoms with Crippen LogP contribution in [0.3, 0.4) is 0 Å². The third kappa shape index (κ3) is 3.78. The summed E-state index contributed by atoms with van der Waals surface area (Å²) in [6.45, 7) is 2.05. The molecule has 1 atom stereocenters. The number of carbonyl (C=O) groups is 1. The number of hydrogen-bond donors (Lipinski definition) is 1. The fourth-order valence-electron chi connectivity index (χ4n) is 3.73. The van der Waals surface area contributed by atoms with Gasteiger partial charge in [-0.3, -0.25) is 0 Å². The van der Waals surface area contributed by atoms with Crippen molar-refractivity contribution in [3.63, 3.8) is 0 Å². The number of fused-ring (bicyclic) bond motifs is 1. The van der Waals surface area contributed by atoms with Crippen molar-refractivity contribution >= 4 is 17.2 Å². The maximum absolute atomic E-state index is 12.5. The number of pyridine rings is 1. The lowest BCUT2D eigenvalue weighted by Gasteiger charge is -2.17. The van der Waals surface area contributed by atoms with Gasteiger partial charge in [-0.05, 0) is 42.2 Å². The zero-order chi connectivity index (χ0) is 19.5. The molecule has 146 valence electrons. The van der Waals surface area contributed by atoms with E-state index in [1.54, 1.807) is 13.3 Å². The van der Waals surface area contributed by atoms with Crippen molar-refractivity contribution in [3.8, 4) is 5.75 Å². The van der Waals surface area contributed by atoms with E-state index >= 15 is 0 Å². The lowest BCUT2D eigenvalue weighted by Crippen LogP contribution is -2.38. The zero-order valence-corrected chi connectivity index (χ0v) is 16.3. The number of benzene rings is 1. The van der Waals surface area contributed by atoms with Crippen LogP contribution in [0.15, 0.2) is 42.6 Å². The van der Waals surface area contributed by atoms with Crippen LogP contribution in [0, 0.1) is 5.92 Å². The molecule has 4 rings (SSSR count). The van der Waals surface area contributed by atoms with Gasteiger partial charge in [0.2, 0.25) is 0 Å². The van der Waals surface area contributed by atoms with Gasteiger partial charge in [0.1, 0.15) is 17.1 Å². The fourth-order valence-corrected chi connectivity index (χ4v) is 3.73. The number of amides is 2. The van der Waals surface area contributed by atoms with Crippen molar-refractivity contribution in [1.29, 1.82) is 0 Å². The molecule has 7 nitrogen and oxygen atoms in total. The SMILES string of the molecule is COc1ccc(CNC(=O)N2CCC(Cc3nc4cccnc4n3C)C2)cc1. The maximum Gasteiger partial charge on any atom is 0.317 e. The molecule has 1 N–H and O–H groups in total. The Morgan fingerprint density at radius 2 is 2.11 bits per heavy atom. The Bertz CT molecular complexity index is 967. The molecule has 1 fully saturated rings. The minimum atomic E-state index is -0.00927. The van der Waals surface area contributed by atoms with Gasteiger partial charge in [0.15, 0.2) is 5.65 Å². The maximum atomic E-state index is 12.5. The summed E-state index contributed by atoms with van der Waals surface area (Å²) in [6, 6.07) is 11.6. The first-order valence-corrected chi connectivity index (χ1v) is 9.56. The van der Waals surface area contributed by atoms with Crippen LogP contribution in [-0.2, 0) is 20.0 Å². The van der Waals surface area contributed by atoms with E-state index in [1.807, 2.05) is 48.3 Å². The predicted molar refractivity (Wildman–Crippen MR) is 107 cm³/mol. The Morgan fingerprint density at radius 3 is 2.86 bits per heavy atom. The fraction of sp³-hybridized carbons (Fsp3) is 0.381. The van der Waals surface area contributed by atoms with Crippen molar-refractivity contribution < 1.29 is 9.53 Å². The summed E-state index contributed by atoms with van der Waals surface area (Å²) in [5.74, 6) is 2.26. The number of nitrogens with one attached hydrogen (secondary N) is 1. The van der Waals surface area contributed by atoms with E-state index in [0.29, 0.717) is 12.5 Å². The van der Waals surface area contributed by atoms with Crippen LogP contribution in [0.4, 0.5) is 4.79 Å². The van der Waals surface area contributed by atoms with Crippen LogP contribution in [0.1, 0.15) is 17.8 Å². The number of nitrogens with zero attached hydrogens (tertiary/aromatic N) is 4. The number of rotatable bonds is 5. The highest BCUT2D eigenvalue weighted by atomic mass is 16.5. The van der Waals surface area contributed by atoms with Crippen LogP contribution >= 0.6 is 0 Å². The normalized spacial score (nSPS) is 16.5. The Balaban J connectivity index is 1.31. The summed E-state index contributed by atoms with van der Waals surface area (Å²) in [6.07, 6.45) is 3.64. The van der Waals surface area contributed by atoms with E-state index in [1.165, 1.54) is 0 Å². The quantitative estimate of drug-likeness (QED) is 0.740. The molecule has 1 aromatic carbocycles. The first-order chi connectivity index (χ1) is 13.6. The Hall–Kier alpha value is -3.09. The van der Waals surface area contributed by atoms with Crippen LogP contribution in [0.2, 0.25) is 0 Å². The minimum absolute atomic E-state index is 0.00927. The molecule has 0 bridgehead atoms. The second-order valence-electron chi connectivity index (χ2n) is 7.24. The summed E-state index contributed by atoms with van der Waals surface area (Å²) < 4.78 is 7.22. The number of ether oxygens (including phenoxy) is 1. The van der Waals surface area contributed by atoms with Crippen LogP contribution < -0.4 is 10.1 Å². The van der Waals surface area contributed by atoms with Gasteiger partial charge in [0.25, 0.3) is 0 Å². The van der Waals surface area contributed by atoms with Gasteiger partial charge < -0.3 is 19.5 Å². The summed E-state index contributed by atoms with van der Waals surface area (Å²) in [7, 11) is 3.65. The molecule has 2 aromatic heterocycles. The van der Waals surface area contributed by atoms with E-state index in [2.05, 4.69) is 14.9 Å². The number of methoxy groups -OCH3 is 1. The molecule has 2 amide bonds. The van der Waals surface area contributed by atoms with Crippen molar-refractivity contribution in [1.82, 2.24) is 24.8 Å². The highest BCUT2D eigenvalue weighted by molar-refractivity contribution is 5.74. The molecule has 0 spiro atoms. The van der Waals surface area contributed by atoms with Gasteiger partial charge in [-0.2, -0.15) is 0 Å². The molecule has 28 heavy (non-hydrogen) atoms. The molecule has 0 aliphatic carbocycles. The third-order valence-electron chi connectivity index (χ3n) is 5.37. The zero-order valence-electron chi connectivity index (χ0n) is 16.3. The monoisotopic (exact) mass is 379 g/mol. The number of likely N-dealkylation sites (tertiary alicyclic amines) is 1. The molecule has 0 radical (unpaired) electrons. The molecule has 1 aliphatic rings. The Labute approximate surface area is 164 Å². The molecule has 1 saturated heterocycles. The van der Waals surface area contributed by atoms with Crippen LogP contribution in [0.5, 0.6) is 5.75 Å². The van der Waals surface area contributed by atoms with Gasteiger partial charge in [0.05, 0.1) is 7.11 Å². The number of carbonyl (C=O) groups excluding carboxylic acids is 1. The number of urea groups is 1. The van der Waals surface area contributed by atoms with Gasteiger partial charge in [0, 0.05) is 39.3 Å². The predicted octanol–water partition coefficient (Wildman–Crippen LogP) is 2.75. The minimum Gasteiger partial charge on any atom is -0.497 e. The summed E-state index contributed by atoms with van der Waals surface area (Å²) >= 11 is 0. The van der Waals surface area contributed by atoms with E-state index in [9.17, 15) is 4.79 Å². The van der Waals surface area contributed by atoms with Gasteiger partial charge in [-0.15, -0.1) is 0 Å². The third-order valence-corrected chi connectivity index (χ3v) is 5.37. The molecule has 3 aromatic rings. The molecule has 1 unspecified atom stereocenters. The smallest absolute Gasteiger partial charge is 0.317 e. The molecule has 0 saturated carbocycles. The highest BCUT2D eigenvalue weighted by Gasteiger charge is 2.27. The van der Waals surface area contributed by atoms with Crippen LogP contribution in [0.25, 0.3) is 11.2 Å². The lowest BCUT2D eigenvalue weighted by atomic mass is 10.0. The summed E-state index contributed by atoms with van der Waals surface area (Å²) in [5, 5.41) is 3.01. The molecule has 1 aliphatic heterocycles. The lowest BCUT2D eigenvalue weighted by molar-refractivity contribution is 0.206. The Kier molecular flexibility index (Phi) is 5.14. The van der Waals surface area contributed by atoms with E-state index in [0.717, 1.165) is 54.2 Å². The van der Waals surface area contributed by atoms with Gasteiger partial charge in [-0.25, -0.2) is 14.8 Å². The van der Waals surface area contributed by atoms with E-state index < -0.39 is 0 Å². The standard InChI is InChI=1S/C21H25N5O2/c1-25-19(24-18-4-3-10-22-20(18)25)12-16-9-11-26(14-16)21(27)23-13-15-5-7-17(28-2)8-6-15/h3-8,10,16H,9,11-14H2,1-2H3,(H,23,27). The number of aromatic nitrogens is 3. The first-order valence-electron chi connectivity index (χ1n) is 9.56. The van der Waals surface area contributed by atoms with Crippen molar-refractivity contribution in [2.45, 2.75) is 19.4 Å². The van der Waals surface area contributed by atoms with Crippen molar-refractivity contribution in [2.75, 3.05) is 20.2 Å². The molecule has 3 heterocycles. The van der Waals surface area contributed by atoms with Gasteiger partial charge >= 0.3 is 6.03 Å². The number of imidazole rings is 1. The highest BCUT2D eigenvalue weighted by Crippen LogP contribution is 2.22. The van der Waals surface area contributed by atoms with Gasteiger partial charge in [-0.1, -0.05) is 12.1 Å². The summed E-state index contributed by atoms with van der Waals surface area (Å²) in [4.78, 5) is 23.5. The average Bonchev–Trinajstić information content (AvgIpc) is 3.32. The van der Waals surface area contributed by atoms with Crippen molar-refractivity contribution in [2.24, 2.45) is 13.0 Å². The topological polar surface area (TPSA) is 72.3 Å². The second-order valence-corrected chi connectivity index (χ2v) is 7.24. The van der Waals surface area contributed by atoms with Crippen molar-refractivity contribution in [3.05, 3.63) is 54.0 Å². The molecule has 7 heteroatoms. The van der Waals surface area contributed by atoms with E-state index in [-0.39, 0.29) is 6.03 Å². The molecular weight excluding hydrogens is 354 g/mol. The van der Waals surface area contributed by atoms with Crippen LogP contribution in [-0.4, -0.2) is 45.7 Å². The largest absolute Gasteiger partial charge is 0.497 e. The molecular formula is C21H25N5O2. The second kappa shape index (κ2) is 7.88. The Morgan fingerprint density at radius 1 is 1.29 bits per heavy atom. The number of hydrogen-bond acceptors (Lipinski definition) is 4. The number of aryl methyl sites for hydroxylation is 1. The summed E-state index contributed by atoms with van der Waals surface area (Å²) in [5.41, 5.74) is 2.88. The average molecular weight is 379 g/mol.